The van der Waals surface area contributed by atoms with Gasteiger partial charge in [0.2, 0.25) is 0 Å². The highest BCUT2D eigenvalue weighted by Crippen LogP contribution is 1.79. The first kappa shape index (κ1) is 6.02. The fourth-order valence-electron chi connectivity index (χ4n) is 0.128. The molecule has 2 heteroatoms. The van der Waals surface area contributed by atoms with E-state index in [1.807, 2.05) is 0 Å². The molecule has 0 aromatic heterocycles. The minimum absolute atomic E-state index is 0.712. The predicted molar refractivity (Wildman–Crippen MR) is 29.9 cm³/mol. The Labute approximate surface area is 46.1 Å². The highest BCUT2D eigenvalue weighted by Gasteiger charge is 1.70. The average molecular weight is 151 g/mol. The molecular formula is C4H7BrO. The summed E-state index contributed by atoms with van der Waals surface area (Å²) in [4.78, 5) is 0. The third kappa shape index (κ3) is 4.02. The summed E-state index contributed by atoms with van der Waals surface area (Å²) >= 11 is 3.18. The smallest absolute Gasteiger partial charge is 0.0969 e. The van der Waals surface area contributed by atoms with E-state index >= 15 is 0 Å². The summed E-state index contributed by atoms with van der Waals surface area (Å²) in [5.74, 6) is 0. The second-order valence-electron chi connectivity index (χ2n) is 0.726. The molecule has 0 aromatic rings. The first-order valence-electron chi connectivity index (χ1n) is 1.70. The lowest BCUT2D eigenvalue weighted by molar-refractivity contribution is 0.275. The molecule has 0 bridgehead atoms. The number of alkyl halides is 1. The Kier molecular flexibility index (Phi) is 5.04. The third-order valence-electron chi connectivity index (χ3n) is 0.313. The lowest BCUT2D eigenvalue weighted by atomic mass is 10.9. The van der Waals surface area contributed by atoms with Crippen molar-refractivity contribution < 1.29 is 4.74 Å². The van der Waals surface area contributed by atoms with Crippen LogP contribution in [-0.2, 0) is 4.74 Å². The molecule has 0 radical (unpaired) electrons. The minimum atomic E-state index is 0.712. The van der Waals surface area contributed by atoms with Gasteiger partial charge in [-0.15, -0.1) is 0 Å². The van der Waals surface area contributed by atoms with Crippen LogP contribution in [0.25, 0.3) is 0 Å². The third-order valence-corrected chi connectivity index (χ3v) is 0.637. The Morgan fingerprint density at radius 1 is 1.83 bits per heavy atom. The Balaban J connectivity index is 2.49. The molecule has 0 heterocycles. The number of rotatable bonds is 3. The molecule has 6 heavy (non-hydrogen) atoms. The van der Waals surface area contributed by atoms with Crippen LogP contribution in [0.5, 0.6) is 0 Å². The highest BCUT2D eigenvalue weighted by molar-refractivity contribution is 9.09. The molecule has 1 nitrogen and oxygen atoms in total. The normalized spacial score (nSPS) is 7.50. The Hall–Kier alpha value is 0.0200. The molecular weight excluding hydrogens is 144 g/mol. The molecule has 0 saturated carbocycles. The first-order valence-corrected chi connectivity index (χ1v) is 2.82. The Morgan fingerprint density at radius 2 is 2.50 bits per heavy atom. The van der Waals surface area contributed by atoms with Crippen molar-refractivity contribution in [2.45, 2.75) is 0 Å². The van der Waals surface area contributed by atoms with Crippen molar-refractivity contribution in [3.8, 4) is 0 Å². The van der Waals surface area contributed by atoms with Crippen molar-refractivity contribution in [3.63, 3.8) is 0 Å². The fraction of sp³-hybridized carbons (Fsp3) is 0.500. The van der Waals surface area contributed by atoms with Crippen molar-refractivity contribution in [2.75, 3.05) is 11.9 Å². The van der Waals surface area contributed by atoms with Crippen molar-refractivity contribution in [3.05, 3.63) is 12.8 Å². The zero-order valence-corrected chi connectivity index (χ0v) is 5.07. The van der Waals surface area contributed by atoms with Gasteiger partial charge in [-0.05, 0) is 0 Å². The minimum Gasteiger partial charge on any atom is -0.501 e. The quantitative estimate of drug-likeness (QED) is 0.337. The van der Waals surface area contributed by atoms with Gasteiger partial charge >= 0.3 is 0 Å². The van der Waals surface area contributed by atoms with Crippen LogP contribution in [0.15, 0.2) is 12.8 Å². The maximum Gasteiger partial charge on any atom is 0.0969 e. The summed E-state index contributed by atoms with van der Waals surface area (Å²) in [6.45, 7) is 4.07. The van der Waals surface area contributed by atoms with Crippen molar-refractivity contribution in [2.24, 2.45) is 0 Å². The zero-order valence-electron chi connectivity index (χ0n) is 3.48. The van der Waals surface area contributed by atoms with Gasteiger partial charge in [0.1, 0.15) is 0 Å². The van der Waals surface area contributed by atoms with E-state index in [1.54, 1.807) is 0 Å². The molecule has 0 N–H and O–H groups in total. The number of hydrogen-bond acceptors (Lipinski definition) is 1. The van der Waals surface area contributed by atoms with Crippen LogP contribution < -0.4 is 0 Å². The van der Waals surface area contributed by atoms with Crippen LogP contribution in [0.2, 0.25) is 0 Å². The van der Waals surface area contributed by atoms with Crippen LogP contribution in [0.3, 0.4) is 0 Å². The maximum atomic E-state index is 4.70. The van der Waals surface area contributed by atoms with Gasteiger partial charge in [0.25, 0.3) is 0 Å². The van der Waals surface area contributed by atoms with Gasteiger partial charge in [0.05, 0.1) is 12.9 Å². The molecule has 0 amide bonds. The van der Waals surface area contributed by atoms with Crippen molar-refractivity contribution in [1.82, 2.24) is 0 Å². The molecule has 0 aliphatic heterocycles. The molecule has 0 fully saturated rings. The van der Waals surface area contributed by atoms with Crippen molar-refractivity contribution in [1.29, 1.82) is 0 Å². The van der Waals surface area contributed by atoms with Gasteiger partial charge in [0.15, 0.2) is 0 Å². The molecule has 0 atom stereocenters. The van der Waals surface area contributed by atoms with E-state index in [9.17, 15) is 0 Å². The fourth-order valence-corrected chi connectivity index (χ4v) is 0.315. The Morgan fingerprint density at radius 3 is 2.67 bits per heavy atom. The van der Waals surface area contributed by atoms with Gasteiger partial charge in [-0.3, -0.25) is 0 Å². The molecule has 0 aromatic carbocycles. The van der Waals surface area contributed by atoms with E-state index in [2.05, 4.69) is 22.5 Å². The van der Waals surface area contributed by atoms with Crippen LogP contribution in [0.4, 0.5) is 0 Å². The molecule has 0 saturated heterocycles. The van der Waals surface area contributed by atoms with E-state index < -0.39 is 0 Å². The first-order chi connectivity index (χ1) is 2.91. The van der Waals surface area contributed by atoms with E-state index in [-0.39, 0.29) is 0 Å². The van der Waals surface area contributed by atoms with Gasteiger partial charge in [-0.25, -0.2) is 0 Å². The van der Waals surface area contributed by atoms with E-state index in [0.29, 0.717) is 6.61 Å². The molecule has 0 rings (SSSR count). The van der Waals surface area contributed by atoms with Crippen LogP contribution in [0, 0.1) is 0 Å². The van der Waals surface area contributed by atoms with Crippen LogP contribution in [-0.4, -0.2) is 11.9 Å². The predicted octanol–water partition coefficient (Wildman–Crippen LogP) is 1.54. The summed E-state index contributed by atoms with van der Waals surface area (Å²) in [6, 6.07) is 0. The molecule has 0 aliphatic carbocycles. The van der Waals surface area contributed by atoms with Gasteiger partial charge < -0.3 is 4.74 Å². The number of ether oxygens (including phenoxy) is 1. The molecule has 0 spiro atoms. The highest BCUT2D eigenvalue weighted by atomic mass is 79.9. The van der Waals surface area contributed by atoms with E-state index in [0.717, 1.165) is 5.33 Å². The van der Waals surface area contributed by atoms with Crippen LogP contribution in [0.1, 0.15) is 0 Å². The second-order valence-corrected chi connectivity index (χ2v) is 1.52. The lowest BCUT2D eigenvalue weighted by Crippen LogP contribution is -1.84. The lowest BCUT2D eigenvalue weighted by Gasteiger charge is -1.89. The van der Waals surface area contributed by atoms with Crippen LogP contribution >= 0.6 is 15.9 Å². The van der Waals surface area contributed by atoms with Gasteiger partial charge in [-0.2, -0.15) is 0 Å². The van der Waals surface area contributed by atoms with E-state index in [4.69, 9.17) is 4.74 Å². The summed E-state index contributed by atoms with van der Waals surface area (Å²) in [5.41, 5.74) is 0. The summed E-state index contributed by atoms with van der Waals surface area (Å²) in [5, 5.41) is 0.874. The largest absolute Gasteiger partial charge is 0.501 e. The maximum absolute atomic E-state index is 4.70. The molecule has 0 unspecified atom stereocenters. The summed E-state index contributed by atoms with van der Waals surface area (Å²) in [7, 11) is 0. The standard InChI is InChI=1S/C4H7BrO/c1-2-6-4-3-5/h2H,1,3-4H2. The topological polar surface area (TPSA) is 9.23 Å². The number of halogens is 1. The molecule has 0 aliphatic rings. The average Bonchev–Trinajstić information content (AvgIpc) is 1.61. The monoisotopic (exact) mass is 150 g/mol. The molecule has 36 valence electrons. The zero-order chi connectivity index (χ0) is 4.83. The second kappa shape index (κ2) is 5.02. The van der Waals surface area contributed by atoms with Gasteiger partial charge in [0, 0.05) is 5.33 Å². The SMILES string of the molecule is C=COCCBr. The summed E-state index contributed by atoms with van der Waals surface area (Å²) < 4.78 is 4.70. The number of hydrogen-bond donors (Lipinski definition) is 0. The van der Waals surface area contributed by atoms with Crippen molar-refractivity contribution >= 4 is 15.9 Å². The van der Waals surface area contributed by atoms with E-state index in [1.165, 1.54) is 6.26 Å². The summed E-state index contributed by atoms with van der Waals surface area (Å²) in [6.07, 6.45) is 1.43. The van der Waals surface area contributed by atoms with Gasteiger partial charge in [-0.1, -0.05) is 22.5 Å². The Bertz CT molecular complexity index is 36.5.